The van der Waals surface area contributed by atoms with E-state index in [1.165, 1.54) is 19.2 Å². The minimum absolute atomic E-state index is 0.0614. The quantitative estimate of drug-likeness (QED) is 0.505. The summed E-state index contributed by atoms with van der Waals surface area (Å²) in [6.45, 7) is 5.33. The molecule has 0 atom stereocenters. The Hall–Kier alpha value is -3.69. The van der Waals surface area contributed by atoms with Gasteiger partial charge in [-0.2, -0.15) is 10.1 Å². The van der Waals surface area contributed by atoms with Gasteiger partial charge in [0.15, 0.2) is 17.4 Å². The number of hydrogen-bond acceptors (Lipinski definition) is 7. The van der Waals surface area contributed by atoms with Gasteiger partial charge in [-0.05, 0) is 44.4 Å². The number of nitrogens with one attached hydrogen (secondary N) is 3. The Bertz CT molecular complexity index is 1130. The second kappa shape index (κ2) is 9.85. The van der Waals surface area contributed by atoms with Crippen molar-refractivity contribution in [3.63, 3.8) is 0 Å². The van der Waals surface area contributed by atoms with Gasteiger partial charge in [-0.25, -0.2) is 9.37 Å². The molecule has 0 spiro atoms. The fourth-order valence-corrected chi connectivity index (χ4v) is 3.88. The van der Waals surface area contributed by atoms with Crippen molar-refractivity contribution in [1.82, 2.24) is 25.5 Å². The van der Waals surface area contributed by atoms with E-state index in [9.17, 15) is 9.18 Å². The molecule has 1 aromatic carbocycles. The molecular weight excluding hydrogens is 425 g/mol. The molecule has 0 bridgehead atoms. The number of halogens is 1. The zero-order chi connectivity index (χ0) is 23.4. The molecule has 2 aromatic heterocycles. The molecule has 1 saturated heterocycles. The van der Waals surface area contributed by atoms with Crippen molar-refractivity contribution in [3.8, 4) is 5.75 Å². The van der Waals surface area contributed by atoms with Crippen molar-refractivity contribution in [1.29, 1.82) is 0 Å². The zero-order valence-corrected chi connectivity index (χ0v) is 19.0. The zero-order valence-electron chi connectivity index (χ0n) is 19.0. The first kappa shape index (κ1) is 22.5. The van der Waals surface area contributed by atoms with Crippen LogP contribution in [0.1, 0.15) is 29.8 Å². The van der Waals surface area contributed by atoms with E-state index < -0.39 is 5.82 Å². The highest BCUT2D eigenvalue weighted by Crippen LogP contribution is 2.21. The summed E-state index contributed by atoms with van der Waals surface area (Å²) in [6.07, 6.45) is 1.69. The van der Waals surface area contributed by atoms with Gasteiger partial charge in [-0.3, -0.25) is 9.89 Å². The summed E-state index contributed by atoms with van der Waals surface area (Å²) in [6, 6.07) is 8.43. The number of ether oxygens (including phenoxy) is 1. The summed E-state index contributed by atoms with van der Waals surface area (Å²) in [5.41, 5.74) is 2.44. The molecular formula is C23H28FN7O2. The van der Waals surface area contributed by atoms with E-state index in [0.717, 1.165) is 37.3 Å². The third-order valence-electron chi connectivity index (χ3n) is 5.53. The van der Waals surface area contributed by atoms with E-state index in [1.54, 1.807) is 6.07 Å². The van der Waals surface area contributed by atoms with Crippen molar-refractivity contribution in [2.24, 2.45) is 0 Å². The normalized spacial score (nSPS) is 14.2. The lowest BCUT2D eigenvalue weighted by Gasteiger charge is -2.32. The molecule has 174 valence electrons. The van der Waals surface area contributed by atoms with Gasteiger partial charge in [0.1, 0.15) is 5.82 Å². The van der Waals surface area contributed by atoms with Crippen molar-refractivity contribution in [2.75, 3.05) is 30.4 Å². The molecule has 1 aliphatic rings. The number of methoxy groups -OCH3 is 1. The summed E-state index contributed by atoms with van der Waals surface area (Å²) < 4.78 is 18.8. The maximum atomic E-state index is 13.9. The number of hydrogen-bond donors (Lipinski definition) is 3. The van der Waals surface area contributed by atoms with Gasteiger partial charge in [-0.1, -0.05) is 6.07 Å². The summed E-state index contributed by atoms with van der Waals surface area (Å²) >= 11 is 0. The van der Waals surface area contributed by atoms with Gasteiger partial charge in [-0.15, -0.1) is 0 Å². The minimum Gasteiger partial charge on any atom is -0.494 e. The fraction of sp³-hybridized carbons (Fsp3) is 0.391. The number of anilines is 3. The fourth-order valence-electron chi connectivity index (χ4n) is 3.88. The predicted molar refractivity (Wildman–Crippen MR) is 123 cm³/mol. The second-order valence-corrected chi connectivity index (χ2v) is 8.23. The number of aromatic amines is 1. The van der Waals surface area contributed by atoms with Gasteiger partial charge < -0.3 is 20.3 Å². The molecule has 4 rings (SSSR count). The Morgan fingerprint density at radius 2 is 1.97 bits per heavy atom. The number of piperidine rings is 1. The third-order valence-corrected chi connectivity index (χ3v) is 5.53. The number of aromatic nitrogens is 4. The largest absolute Gasteiger partial charge is 0.494 e. The Kier molecular flexibility index (Phi) is 6.71. The van der Waals surface area contributed by atoms with Gasteiger partial charge in [0.05, 0.1) is 13.5 Å². The highest BCUT2D eigenvalue weighted by atomic mass is 19.1. The molecule has 3 N–H and O–H groups in total. The smallest absolute Gasteiger partial charge is 0.227 e. The van der Waals surface area contributed by atoms with E-state index in [4.69, 9.17) is 4.74 Å². The van der Waals surface area contributed by atoms with Crippen molar-refractivity contribution in [3.05, 3.63) is 53.1 Å². The van der Waals surface area contributed by atoms with Crippen LogP contribution in [0.2, 0.25) is 0 Å². The lowest BCUT2D eigenvalue weighted by Crippen LogP contribution is -2.45. The topological polar surface area (TPSA) is 108 Å². The van der Waals surface area contributed by atoms with Crippen LogP contribution >= 0.6 is 0 Å². The van der Waals surface area contributed by atoms with Crippen LogP contribution in [0.15, 0.2) is 30.3 Å². The number of rotatable bonds is 7. The molecule has 10 heteroatoms. The van der Waals surface area contributed by atoms with Crippen LogP contribution in [0, 0.1) is 19.7 Å². The first-order valence-corrected chi connectivity index (χ1v) is 10.9. The van der Waals surface area contributed by atoms with Crippen molar-refractivity contribution in [2.45, 2.75) is 39.2 Å². The Morgan fingerprint density at radius 1 is 1.18 bits per heavy atom. The van der Waals surface area contributed by atoms with E-state index in [-0.39, 0.29) is 24.1 Å². The summed E-state index contributed by atoms with van der Waals surface area (Å²) in [7, 11) is 1.41. The average Bonchev–Trinajstić information content (AvgIpc) is 3.18. The maximum Gasteiger partial charge on any atom is 0.227 e. The molecule has 1 aliphatic heterocycles. The molecule has 0 unspecified atom stereocenters. The van der Waals surface area contributed by atoms with Crippen LogP contribution in [0.25, 0.3) is 0 Å². The van der Waals surface area contributed by atoms with Crippen molar-refractivity contribution >= 4 is 23.5 Å². The number of aryl methyl sites for hydroxylation is 2. The highest BCUT2D eigenvalue weighted by Gasteiger charge is 2.23. The van der Waals surface area contributed by atoms with Crippen molar-refractivity contribution < 1.29 is 13.9 Å². The first-order valence-electron chi connectivity index (χ1n) is 10.9. The van der Waals surface area contributed by atoms with Crippen LogP contribution in [0.3, 0.4) is 0 Å². The molecule has 3 aromatic rings. The Labute approximate surface area is 191 Å². The SMILES string of the molecule is COc1ccc(CC(=O)NC2CCN(c3nc(C)cc(Nc4cc(C)[nH]n4)n3)CC2)cc1F. The van der Waals surface area contributed by atoms with Gasteiger partial charge in [0, 0.05) is 42.7 Å². The molecule has 0 aliphatic carbocycles. The third kappa shape index (κ3) is 5.76. The number of carbonyl (C=O) groups excluding carboxylic acids is 1. The van der Waals surface area contributed by atoms with E-state index in [2.05, 4.69) is 35.7 Å². The van der Waals surface area contributed by atoms with Crippen LogP contribution < -0.4 is 20.3 Å². The number of carbonyl (C=O) groups is 1. The van der Waals surface area contributed by atoms with Crippen LogP contribution in [-0.2, 0) is 11.2 Å². The van der Waals surface area contributed by atoms with Crippen LogP contribution in [0.4, 0.5) is 22.0 Å². The van der Waals surface area contributed by atoms with Gasteiger partial charge in [0.2, 0.25) is 11.9 Å². The highest BCUT2D eigenvalue weighted by molar-refractivity contribution is 5.79. The average molecular weight is 454 g/mol. The Balaban J connectivity index is 1.31. The molecule has 1 amide bonds. The first-order chi connectivity index (χ1) is 15.9. The van der Waals surface area contributed by atoms with E-state index >= 15 is 0 Å². The Morgan fingerprint density at radius 3 is 2.64 bits per heavy atom. The summed E-state index contributed by atoms with van der Waals surface area (Å²) in [4.78, 5) is 23.8. The van der Waals surface area contributed by atoms with Gasteiger partial charge in [0.25, 0.3) is 0 Å². The minimum atomic E-state index is -0.467. The summed E-state index contributed by atoms with van der Waals surface area (Å²) in [5, 5.41) is 13.3. The summed E-state index contributed by atoms with van der Waals surface area (Å²) in [5.74, 6) is 1.63. The number of H-pyrrole nitrogens is 1. The standard InChI is InChI=1S/C23H28FN7O2/c1-14-10-20(27-21-11-15(2)29-30-21)28-23(25-14)31-8-6-17(7-9-31)26-22(32)13-16-4-5-19(33-3)18(24)12-16/h4-5,10-12,17H,6-9,13H2,1-3H3,(H,26,32)(H2,25,27,28,29,30). The monoisotopic (exact) mass is 453 g/mol. The van der Waals surface area contributed by atoms with E-state index in [0.29, 0.717) is 23.1 Å². The second-order valence-electron chi connectivity index (χ2n) is 8.23. The molecule has 0 radical (unpaired) electrons. The van der Waals surface area contributed by atoms with Gasteiger partial charge >= 0.3 is 0 Å². The van der Waals surface area contributed by atoms with Crippen LogP contribution in [-0.4, -0.2) is 52.3 Å². The molecule has 9 nitrogen and oxygen atoms in total. The number of amides is 1. The maximum absolute atomic E-state index is 13.9. The van der Waals surface area contributed by atoms with Crippen LogP contribution in [0.5, 0.6) is 5.75 Å². The molecule has 0 saturated carbocycles. The van der Waals surface area contributed by atoms with E-state index in [1.807, 2.05) is 26.0 Å². The molecule has 33 heavy (non-hydrogen) atoms. The lowest BCUT2D eigenvalue weighted by molar-refractivity contribution is -0.121. The number of nitrogens with zero attached hydrogens (tertiary/aromatic N) is 4. The number of benzene rings is 1. The molecule has 3 heterocycles. The predicted octanol–water partition coefficient (Wildman–Crippen LogP) is 3.04. The lowest BCUT2D eigenvalue weighted by atomic mass is 10.0. The molecule has 1 fully saturated rings.